The van der Waals surface area contributed by atoms with Gasteiger partial charge in [0, 0.05) is 32.0 Å². The average Bonchev–Trinajstić information content (AvgIpc) is 2.98. The van der Waals surface area contributed by atoms with Crippen LogP contribution in [0.2, 0.25) is 0 Å². The topological polar surface area (TPSA) is 97.9 Å². The summed E-state index contributed by atoms with van der Waals surface area (Å²) in [7, 11) is 0. The van der Waals surface area contributed by atoms with Crippen LogP contribution in [-0.4, -0.2) is 32.5 Å². The lowest BCUT2D eigenvalue weighted by atomic mass is 10.3. The van der Waals surface area contributed by atoms with E-state index in [9.17, 15) is 10.1 Å². The van der Waals surface area contributed by atoms with Gasteiger partial charge in [0.25, 0.3) is 5.69 Å². The van der Waals surface area contributed by atoms with Gasteiger partial charge in [-0.1, -0.05) is 6.92 Å². The molecule has 8 heteroatoms. The molecule has 0 aliphatic heterocycles. The Hall–Kier alpha value is -2.64. The highest BCUT2D eigenvalue weighted by Crippen LogP contribution is 2.20. The summed E-state index contributed by atoms with van der Waals surface area (Å²) in [5, 5.41) is 17.1. The van der Waals surface area contributed by atoms with Crippen molar-refractivity contribution in [1.29, 1.82) is 0 Å². The zero-order valence-electron chi connectivity index (χ0n) is 11.8. The number of nitrogens with zero attached hydrogens (tertiary/aromatic N) is 4. The van der Waals surface area contributed by atoms with Crippen LogP contribution >= 0.6 is 0 Å². The number of nitro groups is 1. The fourth-order valence-electron chi connectivity index (χ4n) is 1.79. The van der Waals surface area contributed by atoms with Gasteiger partial charge < -0.3 is 15.2 Å². The maximum absolute atomic E-state index is 10.9. The van der Waals surface area contributed by atoms with E-state index in [4.69, 9.17) is 0 Å². The molecule has 0 aromatic carbocycles. The van der Waals surface area contributed by atoms with Crippen molar-refractivity contribution in [3.8, 4) is 0 Å². The Balaban J connectivity index is 2.02. The predicted molar refractivity (Wildman–Crippen MR) is 80.4 cm³/mol. The molecule has 8 nitrogen and oxygen atoms in total. The van der Waals surface area contributed by atoms with Gasteiger partial charge in [-0.15, -0.1) is 0 Å². The lowest BCUT2D eigenvalue weighted by Crippen LogP contribution is -2.11. The third-order valence-corrected chi connectivity index (χ3v) is 2.81. The molecule has 2 heterocycles. The summed E-state index contributed by atoms with van der Waals surface area (Å²) in [5.41, 5.74) is 0.0220. The smallest absolute Gasteiger partial charge is 0.276 e. The van der Waals surface area contributed by atoms with Crippen molar-refractivity contribution in [3.05, 3.63) is 41.0 Å². The van der Waals surface area contributed by atoms with E-state index in [1.165, 1.54) is 12.1 Å². The van der Waals surface area contributed by atoms with Gasteiger partial charge in [0.2, 0.25) is 0 Å². The Kier molecular flexibility index (Phi) is 5.08. The summed E-state index contributed by atoms with van der Waals surface area (Å²) in [5.74, 6) is 0.999. The first-order valence-corrected chi connectivity index (χ1v) is 6.79. The first-order chi connectivity index (χ1) is 10.2. The molecule has 0 saturated carbocycles. The molecule has 0 amide bonds. The summed E-state index contributed by atoms with van der Waals surface area (Å²) in [4.78, 5) is 18.8. The second-order valence-electron chi connectivity index (χ2n) is 4.51. The molecule has 2 N–H and O–H groups in total. The van der Waals surface area contributed by atoms with E-state index in [2.05, 4.69) is 20.6 Å². The molecule has 21 heavy (non-hydrogen) atoms. The Labute approximate surface area is 122 Å². The van der Waals surface area contributed by atoms with Crippen LogP contribution in [0, 0.1) is 10.1 Å². The molecule has 0 saturated heterocycles. The molecule has 0 unspecified atom stereocenters. The lowest BCUT2D eigenvalue weighted by molar-refractivity contribution is -0.384. The van der Waals surface area contributed by atoms with Gasteiger partial charge in [-0.3, -0.25) is 10.1 Å². The quantitative estimate of drug-likeness (QED) is 0.571. The van der Waals surface area contributed by atoms with E-state index >= 15 is 0 Å². The molecule has 0 atom stereocenters. The monoisotopic (exact) mass is 290 g/mol. The zero-order valence-corrected chi connectivity index (χ0v) is 11.8. The Bertz CT molecular complexity index is 584. The van der Waals surface area contributed by atoms with Gasteiger partial charge in [-0.05, 0) is 6.42 Å². The summed E-state index contributed by atoms with van der Waals surface area (Å²) in [6.07, 6.45) is 6.21. The minimum atomic E-state index is -0.417. The standard InChI is InChI=1S/C13H18N6O2/c1-2-3-15-12-8-11(19(20)21)9-13(17-12)16-5-7-18-6-4-14-10-18/h4,6,8-10H,2-3,5,7H2,1H3,(H2,15,16,17). The van der Waals surface area contributed by atoms with Crippen LogP contribution in [0.25, 0.3) is 0 Å². The minimum absolute atomic E-state index is 0.0220. The van der Waals surface area contributed by atoms with Gasteiger partial charge >= 0.3 is 0 Å². The highest BCUT2D eigenvalue weighted by atomic mass is 16.6. The Morgan fingerprint density at radius 3 is 2.57 bits per heavy atom. The van der Waals surface area contributed by atoms with Crippen LogP contribution in [0.1, 0.15) is 13.3 Å². The molecule has 0 spiro atoms. The molecule has 0 aliphatic rings. The normalized spacial score (nSPS) is 10.3. The van der Waals surface area contributed by atoms with Crippen LogP contribution in [0.3, 0.4) is 0 Å². The van der Waals surface area contributed by atoms with Crippen molar-refractivity contribution in [1.82, 2.24) is 14.5 Å². The number of imidazole rings is 1. The average molecular weight is 290 g/mol. The summed E-state index contributed by atoms with van der Waals surface area (Å²) in [6.45, 7) is 4.07. The van der Waals surface area contributed by atoms with E-state index in [-0.39, 0.29) is 5.69 Å². The molecule has 0 aliphatic carbocycles. The second-order valence-corrected chi connectivity index (χ2v) is 4.51. The molecule has 0 bridgehead atoms. The van der Waals surface area contributed by atoms with Crippen molar-refractivity contribution in [2.24, 2.45) is 0 Å². The summed E-state index contributed by atoms with van der Waals surface area (Å²) >= 11 is 0. The number of hydrogen-bond acceptors (Lipinski definition) is 6. The number of pyridine rings is 1. The molecule has 2 aromatic rings. The fraction of sp³-hybridized carbons (Fsp3) is 0.385. The van der Waals surface area contributed by atoms with Gasteiger partial charge in [-0.25, -0.2) is 9.97 Å². The molecule has 0 radical (unpaired) electrons. The number of aromatic nitrogens is 3. The lowest BCUT2D eigenvalue weighted by Gasteiger charge is -2.09. The maximum atomic E-state index is 10.9. The van der Waals surface area contributed by atoms with Crippen molar-refractivity contribution in [3.63, 3.8) is 0 Å². The Morgan fingerprint density at radius 2 is 2.00 bits per heavy atom. The minimum Gasteiger partial charge on any atom is -0.370 e. The van der Waals surface area contributed by atoms with Gasteiger partial charge in [0.1, 0.15) is 11.6 Å². The SMILES string of the molecule is CCCNc1cc([N+](=O)[O-])cc(NCCn2ccnc2)n1. The van der Waals surface area contributed by atoms with Gasteiger partial charge in [-0.2, -0.15) is 0 Å². The summed E-state index contributed by atoms with van der Waals surface area (Å²) in [6, 6.07) is 2.88. The first kappa shape index (κ1) is 14.8. The highest BCUT2D eigenvalue weighted by Gasteiger charge is 2.10. The zero-order chi connectivity index (χ0) is 15.1. The van der Waals surface area contributed by atoms with E-state index in [1.54, 1.807) is 12.5 Å². The predicted octanol–water partition coefficient (Wildman–Crippen LogP) is 2.12. The van der Waals surface area contributed by atoms with Crippen LogP contribution in [0.15, 0.2) is 30.9 Å². The number of hydrogen-bond donors (Lipinski definition) is 2. The van der Waals surface area contributed by atoms with Crippen LogP contribution in [-0.2, 0) is 6.54 Å². The van der Waals surface area contributed by atoms with Crippen molar-refractivity contribution >= 4 is 17.3 Å². The van der Waals surface area contributed by atoms with Crippen molar-refractivity contribution in [2.45, 2.75) is 19.9 Å². The van der Waals surface area contributed by atoms with Crippen LogP contribution < -0.4 is 10.6 Å². The molecule has 112 valence electrons. The van der Waals surface area contributed by atoms with Crippen molar-refractivity contribution in [2.75, 3.05) is 23.7 Å². The maximum Gasteiger partial charge on any atom is 0.276 e. The van der Waals surface area contributed by atoms with E-state index in [1.807, 2.05) is 17.7 Å². The summed E-state index contributed by atoms with van der Waals surface area (Å²) < 4.78 is 1.92. The Morgan fingerprint density at radius 1 is 1.29 bits per heavy atom. The molecule has 0 fully saturated rings. The van der Waals surface area contributed by atoms with Gasteiger partial charge in [0.15, 0.2) is 0 Å². The van der Waals surface area contributed by atoms with Crippen LogP contribution in [0.5, 0.6) is 0 Å². The molecular formula is C13H18N6O2. The van der Waals surface area contributed by atoms with Gasteiger partial charge in [0.05, 0.1) is 23.4 Å². The van der Waals surface area contributed by atoms with E-state index < -0.39 is 4.92 Å². The second kappa shape index (κ2) is 7.22. The third kappa shape index (κ3) is 4.44. The number of anilines is 2. The van der Waals surface area contributed by atoms with Crippen molar-refractivity contribution < 1.29 is 4.92 Å². The number of nitrogens with one attached hydrogen (secondary N) is 2. The van der Waals surface area contributed by atoms with Crippen LogP contribution in [0.4, 0.5) is 17.3 Å². The fourth-order valence-corrected chi connectivity index (χ4v) is 1.79. The molecular weight excluding hydrogens is 272 g/mol. The van der Waals surface area contributed by atoms with E-state index in [0.717, 1.165) is 13.0 Å². The van der Waals surface area contributed by atoms with E-state index in [0.29, 0.717) is 24.7 Å². The molecule has 2 rings (SSSR count). The third-order valence-electron chi connectivity index (χ3n) is 2.81. The largest absolute Gasteiger partial charge is 0.370 e. The first-order valence-electron chi connectivity index (χ1n) is 6.79. The highest BCUT2D eigenvalue weighted by molar-refractivity contribution is 5.54. The number of rotatable bonds is 8. The molecule has 2 aromatic heterocycles.